The van der Waals surface area contributed by atoms with Crippen molar-refractivity contribution in [3.8, 4) is 10.6 Å². The fourth-order valence-corrected chi connectivity index (χ4v) is 5.28. The van der Waals surface area contributed by atoms with Gasteiger partial charge < -0.3 is 14.8 Å². The molecule has 2 bridgehead atoms. The first-order chi connectivity index (χ1) is 14.2. The van der Waals surface area contributed by atoms with Gasteiger partial charge in [-0.1, -0.05) is 12.1 Å². The summed E-state index contributed by atoms with van der Waals surface area (Å²) in [6.45, 7) is 4.09. The number of pyridine rings is 1. The number of carbonyl (C=O) groups excluding carboxylic acids is 1. The Kier molecular flexibility index (Phi) is 4.81. The van der Waals surface area contributed by atoms with Crippen molar-refractivity contribution < 1.29 is 4.79 Å². The van der Waals surface area contributed by atoms with Gasteiger partial charge in [-0.15, -0.1) is 11.3 Å². The highest BCUT2D eigenvalue weighted by Gasteiger charge is 2.34. The summed E-state index contributed by atoms with van der Waals surface area (Å²) in [5, 5.41) is 12.1. The topological polar surface area (TPSA) is 83.0 Å². The van der Waals surface area contributed by atoms with Gasteiger partial charge in [-0.25, -0.2) is 0 Å². The number of aromatic amines is 1. The summed E-state index contributed by atoms with van der Waals surface area (Å²) in [6, 6.07) is 11.4. The third-order valence-electron chi connectivity index (χ3n) is 5.87. The van der Waals surface area contributed by atoms with E-state index in [2.05, 4.69) is 26.5 Å². The van der Waals surface area contributed by atoms with Crippen LogP contribution in [0.1, 0.15) is 28.5 Å². The number of fused-ring (bicyclic) bond motifs is 4. The summed E-state index contributed by atoms with van der Waals surface area (Å²) >= 11 is 1.61. The Labute approximate surface area is 172 Å². The Balaban J connectivity index is 1.17. The summed E-state index contributed by atoms with van der Waals surface area (Å²) < 4.78 is 1.95. The highest BCUT2D eigenvalue weighted by Crippen LogP contribution is 2.34. The molecule has 2 aliphatic heterocycles. The maximum absolute atomic E-state index is 12.4. The highest BCUT2D eigenvalue weighted by molar-refractivity contribution is 7.13. The van der Waals surface area contributed by atoms with E-state index in [1.54, 1.807) is 23.5 Å². The maximum atomic E-state index is 12.4. The second kappa shape index (κ2) is 7.61. The second-order valence-corrected chi connectivity index (χ2v) is 8.81. The molecule has 0 saturated carbocycles. The predicted molar refractivity (Wildman–Crippen MR) is 112 cm³/mol. The van der Waals surface area contributed by atoms with Crippen molar-refractivity contribution >= 4 is 17.2 Å². The van der Waals surface area contributed by atoms with Gasteiger partial charge in [0.05, 0.1) is 10.6 Å². The van der Waals surface area contributed by atoms with Crippen molar-refractivity contribution in [3.63, 3.8) is 0 Å². The quantitative estimate of drug-likeness (QED) is 0.676. The highest BCUT2D eigenvalue weighted by atomic mass is 32.1. The van der Waals surface area contributed by atoms with Crippen LogP contribution in [0, 0.1) is 5.92 Å². The van der Waals surface area contributed by atoms with Crippen LogP contribution in [0.5, 0.6) is 0 Å². The first-order valence-electron chi connectivity index (χ1n) is 9.97. The van der Waals surface area contributed by atoms with Crippen molar-refractivity contribution in [2.45, 2.75) is 18.9 Å². The van der Waals surface area contributed by atoms with Gasteiger partial charge in [0.2, 0.25) is 0 Å². The summed E-state index contributed by atoms with van der Waals surface area (Å²) in [7, 11) is 0. The zero-order chi connectivity index (χ0) is 19.8. The van der Waals surface area contributed by atoms with Crippen LogP contribution in [0.2, 0.25) is 0 Å². The first kappa shape index (κ1) is 18.3. The van der Waals surface area contributed by atoms with E-state index in [0.717, 1.165) is 48.9 Å². The number of hydrogen-bond acceptors (Lipinski definition) is 5. The fraction of sp³-hybridized carbons (Fsp3) is 0.381. The molecule has 2 unspecified atom stereocenters. The molecule has 3 aromatic heterocycles. The Morgan fingerprint density at radius 2 is 2.17 bits per heavy atom. The number of nitrogens with one attached hydrogen (secondary N) is 2. The molecule has 1 fully saturated rings. The Morgan fingerprint density at radius 3 is 3.03 bits per heavy atom. The number of thiophene rings is 1. The van der Waals surface area contributed by atoms with E-state index in [9.17, 15) is 9.59 Å². The van der Waals surface area contributed by atoms with Crippen LogP contribution < -0.4 is 10.9 Å². The van der Waals surface area contributed by atoms with Crippen LogP contribution in [0.25, 0.3) is 10.6 Å². The smallest absolute Gasteiger partial charge is 0.271 e. The number of rotatable bonds is 5. The summed E-state index contributed by atoms with van der Waals surface area (Å²) in [5.41, 5.74) is 2.54. The largest absolute Gasteiger partial charge is 0.349 e. The molecule has 3 aromatic rings. The molecule has 0 radical (unpaired) electrons. The molecule has 1 saturated heterocycles. The average molecular weight is 410 g/mol. The van der Waals surface area contributed by atoms with Crippen LogP contribution in [0.3, 0.4) is 0 Å². The molecule has 2 aliphatic rings. The minimum atomic E-state index is -0.154. The first-order valence-corrected chi connectivity index (χ1v) is 10.8. The zero-order valence-corrected chi connectivity index (χ0v) is 16.8. The van der Waals surface area contributed by atoms with E-state index in [4.69, 9.17) is 0 Å². The molecule has 7 nitrogen and oxygen atoms in total. The van der Waals surface area contributed by atoms with Gasteiger partial charge in [-0.05, 0) is 35.9 Å². The van der Waals surface area contributed by atoms with E-state index in [1.807, 2.05) is 28.1 Å². The molecule has 2 N–H and O–H groups in total. The number of piperidine rings is 1. The van der Waals surface area contributed by atoms with E-state index in [0.29, 0.717) is 24.1 Å². The van der Waals surface area contributed by atoms with Gasteiger partial charge in [0.15, 0.2) is 5.69 Å². The lowest BCUT2D eigenvalue weighted by atomic mass is 9.83. The zero-order valence-electron chi connectivity index (χ0n) is 16.0. The number of hydrogen-bond donors (Lipinski definition) is 2. The third-order valence-corrected chi connectivity index (χ3v) is 6.77. The van der Waals surface area contributed by atoms with Gasteiger partial charge >= 0.3 is 0 Å². The number of H-pyrrole nitrogens is 1. The molecule has 1 amide bonds. The standard InChI is InChI=1S/C21H23N5O2S/c27-20-5-1-3-18-15-9-14(12-26(18)20)11-25(13-15)7-6-22-21(28)17-10-16(23-24-17)19-4-2-8-29-19/h1-5,8,10,14-15H,6-7,9,11-13H2,(H,22,28)(H,23,24). The van der Waals surface area contributed by atoms with E-state index in [1.165, 1.54) is 0 Å². The van der Waals surface area contributed by atoms with Crippen LogP contribution >= 0.6 is 11.3 Å². The number of carbonyl (C=O) groups is 1. The summed E-state index contributed by atoms with van der Waals surface area (Å²) in [4.78, 5) is 28.0. The number of amides is 1. The molecule has 8 heteroatoms. The van der Waals surface area contributed by atoms with Crippen LogP contribution in [0.4, 0.5) is 0 Å². The molecule has 0 aromatic carbocycles. The van der Waals surface area contributed by atoms with Gasteiger partial charge in [0, 0.05) is 50.4 Å². The van der Waals surface area contributed by atoms with Crippen LogP contribution in [-0.2, 0) is 6.54 Å². The fourth-order valence-electron chi connectivity index (χ4n) is 4.59. The normalized spacial score (nSPS) is 21.0. The Hall–Kier alpha value is -2.71. The van der Waals surface area contributed by atoms with Crippen molar-refractivity contribution in [3.05, 3.63) is 63.5 Å². The SMILES string of the molecule is O=C(NCCN1CC2CC(C1)c1cccc(=O)n1C2)c1cc(-c2cccs2)[nH]n1. The monoisotopic (exact) mass is 409 g/mol. The number of aromatic nitrogens is 3. The van der Waals surface area contributed by atoms with E-state index >= 15 is 0 Å². The van der Waals surface area contributed by atoms with Gasteiger partial charge in [-0.3, -0.25) is 14.7 Å². The van der Waals surface area contributed by atoms with Crippen LogP contribution in [-0.4, -0.2) is 51.8 Å². The van der Waals surface area contributed by atoms with Crippen molar-refractivity contribution in [1.82, 2.24) is 25.0 Å². The molecule has 2 atom stereocenters. The third kappa shape index (κ3) is 3.65. The lowest BCUT2D eigenvalue weighted by Gasteiger charge is -2.42. The molecule has 29 heavy (non-hydrogen) atoms. The molecule has 0 spiro atoms. The van der Waals surface area contributed by atoms with Crippen LogP contribution in [0.15, 0.2) is 46.6 Å². The molecular weight excluding hydrogens is 386 g/mol. The summed E-state index contributed by atoms with van der Waals surface area (Å²) in [5.74, 6) is 0.738. The number of nitrogens with zero attached hydrogens (tertiary/aromatic N) is 3. The maximum Gasteiger partial charge on any atom is 0.271 e. The molecule has 5 rings (SSSR count). The minimum Gasteiger partial charge on any atom is -0.349 e. The van der Waals surface area contributed by atoms with Gasteiger partial charge in [0.25, 0.3) is 11.5 Å². The second-order valence-electron chi connectivity index (χ2n) is 7.86. The van der Waals surface area contributed by atoms with E-state index < -0.39 is 0 Å². The molecular formula is C21H23N5O2S. The average Bonchev–Trinajstić information content (AvgIpc) is 3.40. The Bertz CT molecular complexity index is 1070. The lowest BCUT2D eigenvalue weighted by molar-refractivity contribution is 0.0923. The van der Waals surface area contributed by atoms with E-state index in [-0.39, 0.29) is 11.5 Å². The van der Waals surface area contributed by atoms with Crippen molar-refractivity contribution in [2.24, 2.45) is 5.92 Å². The van der Waals surface area contributed by atoms with Crippen molar-refractivity contribution in [2.75, 3.05) is 26.2 Å². The molecule has 5 heterocycles. The Morgan fingerprint density at radius 1 is 1.24 bits per heavy atom. The molecule has 0 aliphatic carbocycles. The van der Waals surface area contributed by atoms with Gasteiger partial charge in [0.1, 0.15) is 0 Å². The lowest BCUT2D eigenvalue weighted by Crippen LogP contribution is -2.48. The predicted octanol–water partition coefficient (Wildman–Crippen LogP) is 2.15. The minimum absolute atomic E-state index is 0.110. The number of likely N-dealkylation sites (tertiary alicyclic amines) is 1. The van der Waals surface area contributed by atoms with Gasteiger partial charge in [-0.2, -0.15) is 5.10 Å². The summed E-state index contributed by atoms with van der Waals surface area (Å²) in [6.07, 6.45) is 1.14. The molecule has 150 valence electrons. The van der Waals surface area contributed by atoms with Crippen molar-refractivity contribution in [1.29, 1.82) is 0 Å².